The highest BCUT2D eigenvalue weighted by Gasteiger charge is 2.14. The van der Waals surface area contributed by atoms with Crippen molar-refractivity contribution in [1.29, 1.82) is 0 Å². The van der Waals surface area contributed by atoms with Crippen molar-refractivity contribution < 1.29 is 14.3 Å². The van der Waals surface area contributed by atoms with Gasteiger partial charge < -0.3 is 14.0 Å². The molecule has 5 heteroatoms. The maximum absolute atomic E-state index is 11.9. The number of benzene rings is 2. The maximum Gasteiger partial charge on any atom is 0.338 e. The Bertz CT molecular complexity index is 924. The quantitative estimate of drug-likeness (QED) is 0.616. The first-order valence-electron chi connectivity index (χ1n) is 8.89. The van der Waals surface area contributed by atoms with Gasteiger partial charge in [0.25, 0.3) is 0 Å². The van der Waals surface area contributed by atoms with Crippen LogP contribution in [0.25, 0.3) is 11.0 Å². The molecule has 0 bridgehead atoms. The zero-order valence-electron chi connectivity index (χ0n) is 15.7. The minimum atomic E-state index is -0.325. The molecule has 0 aliphatic rings. The molecule has 0 saturated carbocycles. The second-order valence-electron chi connectivity index (χ2n) is 6.31. The molecule has 0 unspecified atom stereocenters. The molecular weight excluding hydrogens is 328 g/mol. The number of aryl methyl sites for hydroxylation is 3. The Morgan fingerprint density at radius 3 is 2.46 bits per heavy atom. The molecule has 0 radical (unpaired) electrons. The van der Waals surface area contributed by atoms with E-state index >= 15 is 0 Å². The van der Waals surface area contributed by atoms with Crippen LogP contribution in [0.5, 0.6) is 5.75 Å². The number of imidazole rings is 1. The Balaban J connectivity index is 1.88. The van der Waals surface area contributed by atoms with Crippen LogP contribution in [-0.2, 0) is 17.9 Å². The fourth-order valence-electron chi connectivity index (χ4n) is 3.15. The van der Waals surface area contributed by atoms with Crippen LogP contribution in [-0.4, -0.2) is 22.1 Å². The van der Waals surface area contributed by atoms with Crippen molar-refractivity contribution in [2.45, 2.75) is 40.8 Å². The van der Waals surface area contributed by atoms with Crippen molar-refractivity contribution in [3.63, 3.8) is 0 Å². The highest BCUT2D eigenvalue weighted by molar-refractivity contribution is 5.93. The number of carbonyl (C=O) groups is 1. The predicted octanol–water partition coefficient (Wildman–Crippen LogP) is 4.43. The Labute approximate surface area is 153 Å². The molecule has 0 aliphatic carbocycles. The van der Waals surface area contributed by atoms with E-state index in [1.165, 1.54) is 11.1 Å². The van der Waals surface area contributed by atoms with Crippen molar-refractivity contribution in [1.82, 2.24) is 9.55 Å². The van der Waals surface area contributed by atoms with Gasteiger partial charge in [-0.05, 0) is 69.2 Å². The third kappa shape index (κ3) is 3.72. The smallest absolute Gasteiger partial charge is 0.338 e. The summed E-state index contributed by atoms with van der Waals surface area (Å²) in [4.78, 5) is 16.6. The summed E-state index contributed by atoms with van der Waals surface area (Å²) in [6, 6.07) is 11.6. The molecule has 0 spiro atoms. The molecule has 0 aliphatic heterocycles. The number of nitrogens with zero attached hydrogens (tertiary/aromatic N) is 2. The van der Waals surface area contributed by atoms with Gasteiger partial charge in [-0.1, -0.05) is 6.07 Å². The average Bonchev–Trinajstić information content (AvgIpc) is 2.96. The van der Waals surface area contributed by atoms with Crippen molar-refractivity contribution in [3.8, 4) is 5.75 Å². The van der Waals surface area contributed by atoms with Gasteiger partial charge in [0.05, 0.1) is 23.2 Å². The van der Waals surface area contributed by atoms with Gasteiger partial charge in [0, 0.05) is 6.54 Å². The lowest BCUT2D eigenvalue weighted by Gasteiger charge is -2.10. The second kappa shape index (κ2) is 7.60. The molecule has 3 rings (SSSR count). The third-order valence-corrected chi connectivity index (χ3v) is 4.22. The predicted molar refractivity (Wildman–Crippen MR) is 102 cm³/mol. The van der Waals surface area contributed by atoms with E-state index in [2.05, 4.69) is 36.4 Å². The number of hydrogen-bond donors (Lipinski definition) is 0. The number of hydrogen-bond acceptors (Lipinski definition) is 4. The van der Waals surface area contributed by atoms with Crippen LogP contribution in [0.1, 0.15) is 41.2 Å². The molecule has 5 nitrogen and oxygen atoms in total. The summed E-state index contributed by atoms with van der Waals surface area (Å²) in [5.74, 6) is 1.35. The fourth-order valence-corrected chi connectivity index (χ4v) is 3.15. The molecule has 3 aromatic rings. The lowest BCUT2D eigenvalue weighted by molar-refractivity contribution is 0.0526. The number of carbonyl (C=O) groups excluding carboxylic acids is 1. The summed E-state index contributed by atoms with van der Waals surface area (Å²) in [6.45, 7) is 9.48. The molecular formula is C21H24N2O3. The summed E-state index contributed by atoms with van der Waals surface area (Å²) in [5, 5.41) is 0. The van der Waals surface area contributed by atoms with Crippen LogP contribution < -0.4 is 4.74 Å². The van der Waals surface area contributed by atoms with E-state index in [-0.39, 0.29) is 5.97 Å². The maximum atomic E-state index is 11.9. The molecule has 0 amide bonds. The zero-order chi connectivity index (χ0) is 18.7. The monoisotopic (exact) mass is 352 g/mol. The molecule has 0 fully saturated rings. The fraction of sp³-hybridized carbons (Fsp3) is 0.333. The van der Waals surface area contributed by atoms with Gasteiger partial charge in [-0.15, -0.1) is 0 Å². The Hall–Kier alpha value is -2.82. The van der Waals surface area contributed by atoms with Crippen LogP contribution in [0.3, 0.4) is 0 Å². The van der Waals surface area contributed by atoms with E-state index in [0.29, 0.717) is 18.8 Å². The Morgan fingerprint density at radius 1 is 1.08 bits per heavy atom. The summed E-state index contributed by atoms with van der Waals surface area (Å²) < 4.78 is 13.1. The van der Waals surface area contributed by atoms with Crippen molar-refractivity contribution >= 4 is 17.0 Å². The highest BCUT2D eigenvalue weighted by Crippen LogP contribution is 2.21. The average molecular weight is 352 g/mol. The summed E-state index contributed by atoms with van der Waals surface area (Å²) >= 11 is 0. The van der Waals surface area contributed by atoms with Gasteiger partial charge in [-0.3, -0.25) is 0 Å². The summed E-state index contributed by atoms with van der Waals surface area (Å²) in [7, 11) is 0. The highest BCUT2D eigenvalue weighted by atomic mass is 16.5. The number of rotatable bonds is 6. The van der Waals surface area contributed by atoms with Gasteiger partial charge >= 0.3 is 5.97 Å². The minimum Gasteiger partial charge on any atom is -0.486 e. The first kappa shape index (κ1) is 18.0. The standard InChI is InChI=1S/C21H24N2O3/c1-5-23-19-8-7-16(21(24)25-6-2)12-18(19)22-20(23)13-26-17-10-14(3)9-15(4)11-17/h7-12H,5-6,13H2,1-4H3. The summed E-state index contributed by atoms with van der Waals surface area (Å²) in [6.07, 6.45) is 0. The van der Waals surface area contributed by atoms with Crippen molar-refractivity contribution in [2.24, 2.45) is 0 Å². The van der Waals surface area contributed by atoms with Crippen LogP contribution in [0.2, 0.25) is 0 Å². The summed E-state index contributed by atoms with van der Waals surface area (Å²) in [5.41, 5.74) is 4.61. The van der Waals surface area contributed by atoms with Gasteiger partial charge in [0.2, 0.25) is 0 Å². The lowest BCUT2D eigenvalue weighted by atomic mass is 10.1. The van der Waals surface area contributed by atoms with E-state index in [9.17, 15) is 4.79 Å². The number of aromatic nitrogens is 2. The molecule has 136 valence electrons. The van der Waals surface area contributed by atoms with Gasteiger partial charge in [0.1, 0.15) is 18.2 Å². The zero-order valence-corrected chi connectivity index (χ0v) is 15.7. The number of fused-ring (bicyclic) bond motifs is 1. The second-order valence-corrected chi connectivity index (χ2v) is 6.31. The number of ether oxygens (including phenoxy) is 2. The lowest BCUT2D eigenvalue weighted by Crippen LogP contribution is -2.06. The normalized spacial score (nSPS) is 10.9. The van der Waals surface area contributed by atoms with Crippen LogP contribution >= 0.6 is 0 Å². The molecule has 2 aromatic carbocycles. The van der Waals surface area contributed by atoms with Gasteiger partial charge in [0.15, 0.2) is 0 Å². The molecule has 1 aromatic heterocycles. The first-order chi connectivity index (χ1) is 12.5. The Kier molecular flexibility index (Phi) is 5.26. The first-order valence-corrected chi connectivity index (χ1v) is 8.89. The third-order valence-electron chi connectivity index (χ3n) is 4.22. The number of esters is 1. The van der Waals surface area contributed by atoms with Crippen molar-refractivity contribution in [3.05, 3.63) is 58.9 Å². The topological polar surface area (TPSA) is 53.4 Å². The van der Waals surface area contributed by atoms with E-state index < -0.39 is 0 Å². The molecule has 1 heterocycles. The molecule has 26 heavy (non-hydrogen) atoms. The van der Waals surface area contributed by atoms with Crippen LogP contribution in [0.15, 0.2) is 36.4 Å². The molecule has 0 atom stereocenters. The van der Waals surface area contributed by atoms with Crippen LogP contribution in [0, 0.1) is 13.8 Å². The van der Waals surface area contributed by atoms with Crippen molar-refractivity contribution in [2.75, 3.05) is 6.61 Å². The van der Waals surface area contributed by atoms with Gasteiger partial charge in [-0.2, -0.15) is 0 Å². The van der Waals surface area contributed by atoms with E-state index in [0.717, 1.165) is 29.2 Å². The minimum absolute atomic E-state index is 0.325. The van der Waals surface area contributed by atoms with Crippen LogP contribution in [0.4, 0.5) is 0 Å². The van der Waals surface area contributed by atoms with E-state index in [4.69, 9.17) is 9.47 Å². The molecule has 0 N–H and O–H groups in total. The SMILES string of the molecule is CCOC(=O)c1ccc2c(c1)nc(COc1cc(C)cc(C)c1)n2CC. The Morgan fingerprint density at radius 2 is 1.81 bits per heavy atom. The largest absolute Gasteiger partial charge is 0.486 e. The molecule has 0 saturated heterocycles. The van der Waals surface area contributed by atoms with Gasteiger partial charge in [-0.25, -0.2) is 9.78 Å². The van der Waals surface area contributed by atoms with E-state index in [1.54, 1.807) is 19.1 Å². The van der Waals surface area contributed by atoms with E-state index in [1.807, 2.05) is 18.2 Å².